The van der Waals surface area contributed by atoms with Crippen LogP contribution < -0.4 is 5.32 Å². The average Bonchev–Trinajstić information content (AvgIpc) is 3.04. The van der Waals surface area contributed by atoms with Crippen LogP contribution in [0.15, 0.2) is 36.8 Å². The quantitative estimate of drug-likeness (QED) is 0.581. The zero-order valence-electron chi connectivity index (χ0n) is 16.5. The van der Waals surface area contributed by atoms with E-state index in [0.717, 1.165) is 36.2 Å². The molecule has 0 aliphatic rings. The van der Waals surface area contributed by atoms with E-state index in [1.807, 2.05) is 16.8 Å². The van der Waals surface area contributed by atoms with Gasteiger partial charge in [0, 0.05) is 46.7 Å². The van der Waals surface area contributed by atoms with Crippen molar-refractivity contribution in [2.24, 2.45) is 0 Å². The van der Waals surface area contributed by atoms with Crippen molar-refractivity contribution in [3.63, 3.8) is 0 Å². The molecule has 152 valence electrons. The molecule has 2 heterocycles. The predicted molar refractivity (Wildman–Crippen MR) is 115 cm³/mol. The van der Waals surface area contributed by atoms with Gasteiger partial charge in [0.05, 0.1) is 18.4 Å². The van der Waals surface area contributed by atoms with Crippen LogP contribution in [0.2, 0.25) is 10.0 Å². The number of hydrogen-bond donors (Lipinski definition) is 1. The van der Waals surface area contributed by atoms with Gasteiger partial charge in [-0.25, -0.2) is 4.98 Å². The molecule has 29 heavy (non-hydrogen) atoms. The van der Waals surface area contributed by atoms with Gasteiger partial charge in [0.15, 0.2) is 0 Å². The predicted octanol–water partition coefficient (Wildman–Crippen LogP) is 4.13. The third-order valence-corrected chi connectivity index (χ3v) is 5.06. The lowest BCUT2D eigenvalue weighted by atomic mass is 10.0. The lowest BCUT2D eigenvalue weighted by Gasteiger charge is -2.10. The van der Waals surface area contributed by atoms with Crippen LogP contribution in [0.4, 0.5) is 0 Å². The summed E-state index contributed by atoms with van der Waals surface area (Å²) in [6, 6.07) is 5.60. The molecule has 0 saturated heterocycles. The highest BCUT2D eigenvalue weighted by Gasteiger charge is 2.17. The number of carbonyl (C=O) groups is 1. The topological polar surface area (TPSA) is 72.7 Å². The largest absolute Gasteiger partial charge is 0.349 e. The number of rotatable bonds is 8. The molecule has 0 atom stereocenters. The van der Waals surface area contributed by atoms with Crippen LogP contribution in [0.1, 0.15) is 46.9 Å². The normalized spacial score (nSPS) is 10.9. The minimum absolute atomic E-state index is 0.243. The average molecular weight is 432 g/mol. The number of benzene rings is 1. The third-order valence-electron chi connectivity index (χ3n) is 4.63. The Bertz CT molecular complexity index is 968. The van der Waals surface area contributed by atoms with Gasteiger partial charge in [0.2, 0.25) is 0 Å². The molecule has 3 aromatic rings. The highest BCUT2D eigenvalue weighted by Crippen LogP contribution is 2.25. The molecule has 1 aromatic carbocycles. The molecule has 8 heteroatoms. The maximum absolute atomic E-state index is 12.2. The van der Waals surface area contributed by atoms with E-state index in [9.17, 15) is 4.79 Å². The van der Waals surface area contributed by atoms with Gasteiger partial charge in [-0.3, -0.25) is 14.5 Å². The first-order chi connectivity index (χ1) is 14.0. The standard InChI is InChI=1S/C21H23Cl2N5O/c1-3-18-17(11-14-9-15(22)12-16(23)10-14)20(4-2)28(27-18)8-7-26-21(29)19-13-24-5-6-25-19/h5-6,9-10,12-13H,3-4,7-8,11H2,1-2H3,(H,26,29). The minimum Gasteiger partial charge on any atom is -0.349 e. The molecule has 0 aliphatic heterocycles. The van der Waals surface area contributed by atoms with Crippen molar-refractivity contribution in [3.8, 4) is 0 Å². The number of amides is 1. The number of nitrogens with one attached hydrogen (secondary N) is 1. The number of halogens is 2. The van der Waals surface area contributed by atoms with Crippen LogP contribution in [-0.2, 0) is 25.8 Å². The van der Waals surface area contributed by atoms with Crippen LogP contribution >= 0.6 is 23.2 Å². The fourth-order valence-corrected chi connectivity index (χ4v) is 3.93. The van der Waals surface area contributed by atoms with E-state index < -0.39 is 0 Å². The smallest absolute Gasteiger partial charge is 0.271 e. The summed E-state index contributed by atoms with van der Waals surface area (Å²) in [6.07, 6.45) is 6.88. The highest BCUT2D eigenvalue weighted by molar-refractivity contribution is 6.34. The number of nitrogens with zero attached hydrogens (tertiary/aromatic N) is 4. The molecule has 0 radical (unpaired) electrons. The molecule has 6 nitrogen and oxygen atoms in total. The summed E-state index contributed by atoms with van der Waals surface area (Å²) in [7, 11) is 0. The second-order valence-corrected chi connectivity index (χ2v) is 7.48. The minimum atomic E-state index is -0.243. The molecule has 0 bridgehead atoms. The fraction of sp³-hybridized carbons (Fsp3) is 0.333. The first-order valence-corrected chi connectivity index (χ1v) is 10.3. The van der Waals surface area contributed by atoms with Gasteiger partial charge in [-0.15, -0.1) is 0 Å². The second-order valence-electron chi connectivity index (χ2n) is 6.60. The summed E-state index contributed by atoms with van der Waals surface area (Å²) in [5.74, 6) is -0.243. The van der Waals surface area contributed by atoms with Crippen LogP contribution in [0.3, 0.4) is 0 Å². The molecular weight excluding hydrogens is 409 g/mol. The number of aromatic nitrogens is 4. The molecule has 1 N–H and O–H groups in total. The van der Waals surface area contributed by atoms with Gasteiger partial charge in [-0.2, -0.15) is 5.10 Å². The van der Waals surface area contributed by atoms with E-state index in [1.165, 1.54) is 24.2 Å². The lowest BCUT2D eigenvalue weighted by Crippen LogP contribution is -2.28. The second kappa shape index (κ2) is 9.85. The van der Waals surface area contributed by atoms with E-state index >= 15 is 0 Å². The van der Waals surface area contributed by atoms with Gasteiger partial charge in [0.25, 0.3) is 5.91 Å². The van der Waals surface area contributed by atoms with E-state index in [-0.39, 0.29) is 5.91 Å². The first kappa shape index (κ1) is 21.3. The van der Waals surface area contributed by atoms with Crippen LogP contribution in [-0.4, -0.2) is 32.2 Å². The maximum atomic E-state index is 12.2. The van der Waals surface area contributed by atoms with Crippen LogP contribution in [0.5, 0.6) is 0 Å². The number of aryl methyl sites for hydroxylation is 1. The Hall–Kier alpha value is -2.44. The molecule has 0 fully saturated rings. The molecular formula is C21H23Cl2N5O. The molecule has 0 aliphatic carbocycles. The zero-order chi connectivity index (χ0) is 20.8. The Morgan fingerprint density at radius 1 is 1.10 bits per heavy atom. The Kier molecular flexibility index (Phi) is 7.23. The number of carbonyl (C=O) groups excluding carboxylic acids is 1. The van der Waals surface area contributed by atoms with Crippen LogP contribution in [0.25, 0.3) is 0 Å². The van der Waals surface area contributed by atoms with Gasteiger partial charge < -0.3 is 5.32 Å². The van der Waals surface area contributed by atoms with Gasteiger partial charge >= 0.3 is 0 Å². The summed E-state index contributed by atoms with van der Waals surface area (Å²) in [5.41, 5.74) is 4.78. The van der Waals surface area contributed by atoms with Gasteiger partial charge in [-0.05, 0) is 36.6 Å². The molecule has 2 aromatic heterocycles. The Balaban J connectivity index is 1.75. The summed E-state index contributed by atoms with van der Waals surface area (Å²) in [5, 5.41) is 8.91. The monoisotopic (exact) mass is 431 g/mol. The van der Waals surface area contributed by atoms with E-state index in [0.29, 0.717) is 28.8 Å². The molecule has 3 rings (SSSR count). The van der Waals surface area contributed by atoms with Crippen molar-refractivity contribution >= 4 is 29.1 Å². The van der Waals surface area contributed by atoms with Crippen molar-refractivity contribution in [3.05, 3.63) is 75.0 Å². The Morgan fingerprint density at radius 3 is 2.48 bits per heavy atom. The van der Waals surface area contributed by atoms with Gasteiger partial charge in [-0.1, -0.05) is 37.0 Å². The van der Waals surface area contributed by atoms with Crippen LogP contribution in [0, 0.1) is 0 Å². The van der Waals surface area contributed by atoms with Crippen molar-refractivity contribution in [2.75, 3.05) is 6.54 Å². The molecule has 0 saturated carbocycles. The van der Waals surface area contributed by atoms with Crippen molar-refractivity contribution in [1.82, 2.24) is 25.1 Å². The van der Waals surface area contributed by atoms with E-state index in [1.54, 1.807) is 6.07 Å². The lowest BCUT2D eigenvalue weighted by molar-refractivity contribution is 0.0946. The molecule has 0 unspecified atom stereocenters. The first-order valence-electron chi connectivity index (χ1n) is 9.58. The third kappa shape index (κ3) is 5.34. The summed E-state index contributed by atoms with van der Waals surface area (Å²) < 4.78 is 1.98. The molecule has 1 amide bonds. The summed E-state index contributed by atoms with van der Waals surface area (Å²) in [4.78, 5) is 20.1. The summed E-state index contributed by atoms with van der Waals surface area (Å²) >= 11 is 12.3. The SMILES string of the molecule is CCc1nn(CCNC(=O)c2cnccn2)c(CC)c1Cc1cc(Cl)cc(Cl)c1. The molecule has 0 spiro atoms. The summed E-state index contributed by atoms with van der Waals surface area (Å²) in [6.45, 7) is 5.24. The Labute approximate surface area is 180 Å². The van der Waals surface area contributed by atoms with E-state index in [2.05, 4.69) is 29.1 Å². The Morgan fingerprint density at radius 2 is 1.86 bits per heavy atom. The van der Waals surface area contributed by atoms with Gasteiger partial charge in [0.1, 0.15) is 5.69 Å². The highest BCUT2D eigenvalue weighted by atomic mass is 35.5. The fourth-order valence-electron chi connectivity index (χ4n) is 3.36. The number of hydrogen-bond acceptors (Lipinski definition) is 4. The van der Waals surface area contributed by atoms with Crippen molar-refractivity contribution < 1.29 is 4.79 Å². The van der Waals surface area contributed by atoms with Crippen molar-refractivity contribution in [1.29, 1.82) is 0 Å². The maximum Gasteiger partial charge on any atom is 0.271 e. The zero-order valence-corrected chi connectivity index (χ0v) is 18.0. The van der Waals surface area contributed by atoms with Crippen molar-refractivity contribution in [2.45, 2.75) is 39.7 Å². The van der Waals surface area contributed by atoms with E-state index in [4.69, 9.17) is 28.3 Å².